The van der Waals surface area contributed by atoms with Gasteiger partial charge in [0.25, 0.3) is 0 Å². The number of methoxy groups -OCH3 is 2. The van der Waals surface area contributed by atoms with Gasteiger partial charge in [-0.2, -0.15) is 5.10 Å². The molecule has 6 heteroatoms. The van der Waals surface area contributed by atoms with E-state index in [1.54, 1.807) is 20.3 Å². The highest BCUT2D eigenvalue weighted by molar-refractivity contribution is 9.10. The molecule has 1 amide bonds. The standard InChI is InChI=1S/C17H17BrN2O3/c1-22-15-5-3-4-13(17(15)23-2)11-19-20-16(21)10-12-6-8-14(18)9-7-12/h3-9,11H,10H2,1-2H3,(H,20,21)/b19-11-. The van der Waals surface area contributed by atoms with Crippen molar-refractivity contribution < 1.29 is 14.3 Å². The van der Waals surface area contributed by atoms with Crippen LogP contribution in [0.2, 0.25) is 0 Å². The van der Waals surface area contributed by atoms with Crippen LogP contribution in [0.5, 0.6) is 11.5 Å². The van der Waals surface area contributed by atoms with Crippen molar-refractivity contribution in [3.8, 4) is 11.5 Å². The highest BCUT2D eigenvalue weighted by Gasteiger charge is 2.07. The van der Waals surface area contributed by atoms with E-state index in [-0.39, 0.29) is 12.3 Å². The topological polar surface area (TPSA) is 59.9 Å². The van der Waals surface area contributed by atoms with Crippen molar-refractivity contribution in [2.45, 2.75) is 6.42 Å². The quantitative estimate of drug-likeness (QED) is 0.622. The lowest BCUT2D eigenvalue weighted by molar-refractivity contribution is -0.120. The Morgan fingerprint density at radius 3 is 2.57 bits per heavy atom. The van der Waals surface area contributed by atoms with Gasteiger partial charge in [-0.1, -0.05) is 34.1 Å². The third-order valence-corrected chi connectivity index (χ3v) is 3.63. The molecule has 0 aliphatic carbocycles. The van der Waals surface area contributed by atoms with E-state index in [1.807, 2.05) is 36.4 Å². The third-order valence-electron chi connectivity index (χ3n) is 3.10. The van der Waals surface area contributed by atoms with Gasteiger partial charge < -0.3 is 9.47 Å². The van der Waals surface area contributed by atoms with Crippen LogP contribution in [0.15, 0.2) is 52.0 Å². The maximum absolute atomic E-state index is 11.9. The Kier molecular flexibility index (Phi) is 6.17. The summed E-state index contributed by atoms with van der Waals surface area (Å²) < 4.78 is 11.5. The van der Waals surface area contributed by atoms with E-state index in [1.165, 1.54) is 6.21 Å². The number of benzene rings is 2. The Labute approximate surface area is 143 Å². The molecule has 0 heterocycles. The van der Waals surface area contributed by atoms with Gasteiger partial charge in [-0.05, 0) is 29.8 Å². The smallest absolute Gasteiger partial charge is 0.244 e. The van der Waals surface area contributed by atoms with Crippen molar-refractivity contribution in [2.24, 2.45) is 5.10 Å². The molecule has 5 nitrogen and oxygen atoms in total. The first-order chi connectivity index (χ1) is 11.1. The molecule has 23 heavy (non-hydrogen) atoms. The van der Waals surface area contributed by atoms with Gasteiger partial charge in [-0.3, -0.25) is 4.79 Å². The minimum atomic E-state index is -0.189. The van der Waals surface area contributed by atoms with Crippen LogP contribution in [-0.4, -0.2) is 26.3 Å². The maximum atomic E-state index is 11.9. The van der Waals surface area contributed by atoms with E-state index in [4.69, 9.17) is 9.47 Å². The van der Waals surface area contributed by atoms with Crippen LogP contribution in [-0.2, 0) is 11.2 Å². The molecule has 0 saturated carbocycles. The van der Waals surface area contributed by atoms with E-state index < -0.39 is 0 Å². The number of nitrogens with one attached hydrogen (secondary N) is 1. The average Bonchev–Trinajstić information content (AvgIpc) is 2.56. The fourth-order valence-electron chi connectivity index (χ4n) is 2.01. The summed E-state index contributed by atoms with van der Waals surface area (Å²) in [4.78, 5) is 11.9. The minimum Gasteiger partial charge on any atom is -0.493 e. The van der Waals surface area contributed by atoms with E-state index in [9.17, 15) is 4.79 Å². The number of ether oxygens (including phenoxy) is 2. The number of rotatable bonds is 6. The normalized spacial score (nSPS) is 10.6. The fraction of sp³-hybridized carbons (Fsp3) is 0.176. The highest BCUT2D eigenvalue weighted by atomic mass is 79.9. The molecule has 2 aromatic carbocycles. The van der Waals surface area contributed by atoms with Crippen LogP contribution in [0.3, 0.4) is 0 Å². The van der Waals surface area contributed by atoms with Crippen LogP contribution in [0.4, 0.5) is 0 Å². The molecular weight excluding hydrogens is 360 g/mol. The summed E-state index contributed by atoms with van der Waals surface area (Å²) >= 11 is 3.36. The molecule has 120 valence electrons. The summed E-state index contributed by atoms with van der Waals surface area (Å²) in [6.45, 7) is 0. The Bertz CT molecular complexity index is 699. The maximum Gasteiger partial charge on any atom is 0.244 e. The molecule has 0 aliphatic rings. The van der Waals surface area contributed by atoms with Gasteiger partial charge >= 0.3 is 0 Å². The Morgan fingerprint density at radius 2 is 1.91 bits per heavy atom. The van der Waals surface area contributed by atoms with Crippen LogP contribution in [0, 0.1) is 0 Å². The molecule has 0 aromatic heterocycles. The molecule has 0 unspecified atom stereocenters. The number of hydrogen-bond donors (Lipinski definition) is 1. The summed E-state index contributed by atoms with van der Waals surface area (Å²) in [5, 5.41) is 3.97. The molecule has 0 radical (unpaired) electrons. The number of amides is 1. The fourth-order valence-corrected chi connectivity index (χ4v) is 2.28. The van der Waals surface area contributed by atoms with E-state index in [0.29, 0.717) is 11.5 Å². The zero-order valence-corrected chi connectivity index (χ0v) is 14.5. The van der Waals surface area contributed by atoms with Gasteiger partial charge in [0.2, 0.25) is 5.91 Å². The Balaban J connectivity index is 1.98. The summed E-state index contributed by atoms with van der Waals surface area (Å²) in [6.07, 6.45) is 1.79. The van der Waals surface area contributed by atoms with Gasteiger partial charge in [0.15, 0.2) is 11.5 Å². The lowest BCUT2D eigenvalue weighted by Gasteiger charge is -2.09. The van der Waals surface area contributed by atoms with Crippen molar-refractivity contribution in [3.63, 3.8) is 0 Å². The zero-order chi connectivity index (χ0) is 16.7. The number of hydrazone groups is 1. The summed E-state index contributed by atoms with van der Waals surface area (Å²) in [6, 6.07) is 13.0. The molecule has 0 aliphatic heterocycles. The number of para-hydroxylation sites is 1. The second-order valence-electron chi connectivity index (χ2n) is 4.68. The van der Waals surface area contributed by atoms with Crippen LogP contribution in [0.25, 0.3) is 0 Å². The van der Waals surface area contributed by atoms with Crippen molar-refractivity contribution in [1.29, 1.82) is 0 Å². The molecular formula is C17H17BrN2O3. The van der Waals surface area contributed by atoms with Crippen molar-refractivity contribution in [2.75, 3.05) is 14.2 Å². The Morgan fingerprint density at radius 1 is 1.17 bits per heavy atom. The summed E-state index contributed by atoms with van der Waals surface area (Å²) in [5.74, 6) is 0.990. The van der Waals surface area contributed by atoms with Gasteiger partial charge in [0.05, 0.1) is 26.9 Å². The average molecular weight is 377 g/mol. The first kappa shape index (κ1) is 17.0. The predicted molar refractivity (Wildman–Crippen MR) is 93.1 cm³/mol. The monoisotopic (exact) mass is 376 g/mol. The minimum absolute atomic E-state index is 0.189. The van der Waals surface area contributed by atoms with Gasteiger partial charge in [0, 0.05) is 10.0 Å². The lowest BCUT2D eigenvalue weighted by Crippen LogP contribution is -2.19. The van der Waals surface area contributed by atoms with Gasteiger partial charge in [0.1, 0.15) is 0 Å². The number of nitrogens with zero attached hydrogens (tertiary/aromatic N) is 1. The number of hydrogen-bond acceptors (Lipinski definition) is 4. The zero-order valence-electron chi connectivity index (χ0n) is 12.9. The first-order valence-corrected chi connectivity index (χ1v) is 7.70. The second-order valence-corrected chi connectivity index (χ2v) is 5.59. The largest absolute Gasteiger partial charge is 0.493 e. The number of carbonyl (C=O) groups is 1. The van der Waals surface area contributed by atoms with Crippen LogP contribution < -0.4 is 14.9 Å². The summed E-state index contributed by atoms with van der Waals surface area (Å²) in [7, 11) is 3.13. The molecule has 0 saturated heterocycles. The van der Waals surface area contributed by atoms with Crippen molar-refractivity contribution >= 4 is 28.1 Å². The first-order valence-electron chi connectivity index (χ1n) is 6.91. The molecule has 2 aromatic rings. The van der Waals surface area contributed by atoms with Gasteiger partial charge in [-0.15, -0.1) is 0 Å². The molecule has 2 rings (SSSR count). The third kappa shape index (κ3) is 4.82. The predicted octanol–water partition coefficient (Wildman–Crippen LogP) is 3.16. The molecule has 0 fully saturated rings. The van der Waals surface area contributed by atoms with E-state index in [0.717, 1.165) is 15.6 Å². The SMILES string of the molecule is COc1cccc(/C=N\NC(=O)Cc2ccc(Br)cc2)c1OC. The molecule has 0 bridgehead atoms. The second kappa shape index (κ2) is 8.33. The molecule has 1 N–H and O–H groups in total. The highest BCUT2D eigenvalue weighted by Crippen LogP contribution is 2.29. The van der Waals surface area contributed by atoms with Gasteiger partial charge in [-0.25, -0.2) is 5.43 Å². The summed E-state index contributed by atoms with van der Waals surface area (Å²) in [5.41, 5.74) is 4.14. The van der Waals surface area contributed by atoms with Crippen molar-refractivity contribution in [3.05, 3.63) is 58.1 Å². The molecule has 0 spiro atoms. The number of halogens is 1. The number of carbonyl (C=O) groups excluding carboxylic acids is 1. The molecule has 0 atom stereocenters. The Hall–Kier alpha value is -2.34. The lowest BCUT2D eigenvalue weighted by atomic mass is 10.1. The van der Waals surface area contributed by atoms with Crippen molar-refractivity contribution in [1.82, 2.24) is 5.43 Å². The van der Waals surface area contributed by atoms with E-state index >= 15 is 0 Å². The van der Waals surface area contributed by atoms with Crippen LogP contribution >= 0.6 is 15.9 Å². The van der Waals surface area contributed by atoms with E-state index in [2.05, 4.69) is 26.5 Å². The van der Waals surface area contributed by atoms with Crippen LogP contribution in [0.1, 0.15) is 11.1 Å².